The van der Waals surface area contributed by atoms with Crippen LogP contribution in [0.25, 0.3) is 0 Å². The summed E-state index contributed by atoms with van der Waals surface area (Å²) in [6, 6.07) is 0.564. The van der Waals surface area contributed by atoms with Gasteiger partial charge in [0.05, 0.1) is 11.2 Å². The molecule has 1 aliphatic rings. The Morgan fingerprint density at radius 2 is 2.50 bits per heavy atom. The number of aromatic nitrogens is 1. The van der Waals surface area contributed by atoms with Gasteiger partial charge in [0, 0.05) is 23.9 Å². The molecule has 0 unspecified atom stereocenters. The van der Waals surface area contributed by atoms with Crippen LogP contribution in [0.4, 0.5) is 0 Å². The number of aliphatic imine (C=N–C) groups is 1. The Kier molecular flexibility index (Phi) is 3.77. The number of rotatable bonds is 4. The van der Waals surface area contributed by atoms with Crippen LogP contribution in [0.5, 0.6) is 0 Å². The third-order valence-electron chi connectivity index (χ3n) is 2.92. The van der Waals surface area contributed by atoms with E-state index in [2.05, 4.69) is 15.3 Å². The number of hydrogen-bond acceptors (Lipinski definition) is 3. The Hall–Kier alpha value is -1.10. The fourth-order valence-electron chi connectivity index (χ4n) is 1.65. The number of nitrogens with zero attached hydrogens (tertiary/aromatic N) is 2. The van der Waals surface area contributed by atoms with E-state index in [1.807, 2.05) is 12.4 Å². The van der Waals surface area contributed by atoms with E-state index in [0.717, 1.165) is 18.7 Å². The lowest BCUT2D eigenvalue weighted by Gasteiger charge is -2.26. The summed E-state index contributed by atoms with van der Waals surface area (Å²) in [5.41, 5.74) is 8.78. The van der Waals surface area contributed by atoms with E-state index in [1.165, 1.54) is 24.1 Å². The van der Waals surface area contributed by atoms with Gasteiger partial charge in [-0.1, -0.05) is 0 Å². The molecule has 4 nitrogen and oxygen atoms in total. The van der Waals surface area contributed by atoms with Crippen LogP contribution >= 0.6 is 11.3 Å². The zero-order chi connectivity index (χ0) is 11.4. The predicted octanol–water partition coefficient (Wildman–Crippen LogP) is 1.45. The van der Waals surface area contributed by atoms with Gasteiger partial charge < -0.3 is 11.1 Å². The summed E-state index contributed by atoms with van der Waals surface area (Å²) in [6.45, 7) is 2.78. The molecule has 0 amide bonds. The molecule has 5 heteroatoms. The third kappa shape index (κ3) is 2.95. The van der Waals surface area contributed by atoms with Crippen LogP contribution in [0, 0.1) is 6.92 Å². The highest BCUT2D eigenvalue weighted by molar-refractivity contribution is 7.09. The maximum absolute atomic E-state index is 5.79. The van der Waals surface area contributed by atoms with Crippen molar-refractivity contribution >= 4 is 17.3 Å². The SMILES string of the molecule is Cc1ncsc1CCN=C(N)NC1CCC1. The Balaban J connectivity index is 1.73. The second-order valence-electron chi connectivity index (χ2n) is 4.15. The summed E-state index contributed by atoms with van der Waals surface area (Å²) in [5, 5.41) is 3.23. The largest absolute Gasteiger partial charge is 0.370 e. The van der Waals surface area contributed by atoms with Gasteiger partial charge in [-0.05, 0) is 26.2 Å². The quantitative estimate of drug-likeness (QED) is 0.616. The Morgan fingerprint density at radius 3 is 3.06 bits per heavy atom. The van der Waals surface area contributed by atoms with Crippen molar-refractivity contribution in [2.45, 2.75) is 38.6 Å². The number of aryl methyl sites for hydroxylation is 1. The van der Waals surface area contributed by atoms with Crippen LogP contribution in [0.1, 0.15) is 29.8 Å². The molecule has 88 valence electrons. The minimum atomic E-state index is 0.564. The highest BCUT2D eigenvalue weighted by Crippen LogP contribution is 2.17. The summed E-state index contributed by atoms with van der Waals surface area (Å²) in [7, 11) is 0. The predicted molar refractivity (Wildman–Crippen MR) is 67.8 cm³/mol. The van der Waals surface area contributed by atoms with Gasteiger partial charge in [-0.25, -0.2) is 4.98 Å². The number of thiazole rings is 1. The first-order chi connectivity index (χ1) is 7.75. The van der Waals surface area contributed by atoms with Gasteiger partial charge in [-0.2, -0.15) is 0 Å². The Labute approximate surface area is 100.0 Å². The number of nitrogens with one attached hydrogen (secondary N) is 1. The minimum Gasteiger partial charge on any atom is -0.370 e. The second kappa shape index (κ2) is 5.30. The molecule has 1 saturated carbocycles. The summed E-state index contributed by atoms with van der Waals surface area (Å²) < 4.78 is 0. The highest BCUT2D eigenvalue weighted by Gasteiger charge is 2.16. The molecule has 0 radical (unpaired) electrons. The number of guanidine groups is 1. The van der Waals surface area contributed by atoms with Crippen molar-refractivity contribution in [3.05, 3.63) is 16.1 Å². The molecule has 0 saturated heterocycles. The van der Waals surface area contributed by atoms with Crippen LogP contribution in [0.15, 0.2) is 10.5 Å². The summed E-state index contributed by atoms with van der Waals surface area (Å²) >= 11 is 1.69. The smallest absolute Gasteiger partial charge is 0.188 e. The van der Waals surface area contributed by atoms with E-state index in [9.17, 15) is 0 Å². The molecule has 0 atom stereocenters. The molecule has 3 N–H and O–H groups in total. The topological polar surface area (TPSA) is 63.3 Å². The molecular formula is C11H18N4S. The van der Waals surface area contributed by atoms with E-state index in [1.54, 1.807) is 11.3 Å². The lowest BCUT2D eigenvalue weighted by atomic mass is 9.93. The van der Waals surface area contributed by atoms with Crippen molar-refractivity contribution in [1.82, 2.24) is 10.3 Å². The van der Waals surface area contributed by atoms with Gasteiger partial charge in [0.2, 0.25) is 0 Å². The molecular weight excluding hydrogens is 220 g/mol. The first kappa shape index (κ1) is 11.4. The minimum absolute atomic E-state index is 0.564. The van der Waals surface area contributed by atoms with Crippen molar-refractivity contribution in [2.75, 3.05) is 6.54 Å². The molecule has 1 heterocycles. The van der Waals surface area contributed by atoms with Gasteiger partial charge in [-0.3, -0.25) is 4.99 Å². The normalized spacial score (nSPS) is 17.2. The monoisotopic (exact) mass is 238 g/mol. The van der Waals surface area contributed by atoms with Gasteiger partial charge in [0.25, 0.3) is 0 Å². The van der Waals surface area contributed by atoms with E-state index in [0.29, 0.717) is 12.0 Å². The summed E-state index contributed by atoms with van der Waals surface area (Å²) in [4.78, 5) is 9.84. The van der Waals surface area contributed by atoms with Gasteiger partial charge >= 0.3 is 0 Å². The van der Waals surface area contributed by atoms with E-state index in [-0.39, 0.29) is 0 Å². The van der Waals surface area contributed by atoms with Crippen LogP contribution in [0.2, 0.25) is 0 Å². The lowest BCUT2D eigenvalue weighted by molar-refractivity contribution is 0.382. The zero-order valence-corrected chi connectivity index (χ0v) is 10.4. The molecule has 16 heavy (non-hydrogen) atoms. The van der Waals surface area contributed by atoms with Gasteiger partial charge in [0.1, 0.15) is 0 Å². The van der Waals surface area contributed by atoms with Crippen molar-refractivity contribution in [3.8, 4) is 0 Å². The van der Waals surface area contributed by atoms with Crippen LogP contribution < -0.4 is 11.1 Å². The highest BCUT2D eigenvalue weighted by atomic mass is 32.1. The first-order valence-corrected chi connectivity index (χ1v) is 6.59. The molecule has 1 aromatic rings. The Morgan fingerprint density at radius 1 is 1.69 bits per heavy atom. The van der Waals surface area contributed by atoms with Crippen LogP contribution in [0.3, 0.4) is 0 Å². The molecule has 2 rings (SSSR count). The first-order valence-electron chi connectivity index (χ1n) is 5.71. The van der Waals surface area contributed by atoms with Crippen LogP contribution in [-0.4, -0.2) is 23.5 Å². The molecule has 0 aromatic carbocycles. The van der Waals surface area contributed by atoms with Gasteiger partial charge in [0.15, 0.2) is 5.96 Å². The average Bonchev–Trinajstić information content (AvgIpc) is 2.59. The van der Waals surface area contributed by atoms with Crippen LogP contribution in [-0.2, 0) is 6.42 Å². The zero-order valence-electron chi connectivity index (χ0n) is 9.57. The Bertz CT molecular complexity index is 368. The van der Waals surface area contributed by atoms with E-state index >= 15 is 0 Å². The lowest BCUT2D eigenvalue weighted by Crippen LogP contribution is -2.43. The van der Waals surface area contributed by atoms with Gasteiger partial charge in [-0.15, -0.1) is 11.3 Å². The third-order valence-corrected chi connectivity index (χ3v) is 3.92. The van der Waals surface area contributed by atoms with Crippen molar-refractivity contribution in [1.29, 1.82) is 0 Å². The fraction of sp³-hybridized carbons (Fsp3) is 0.636. The second-order valence-corrected chi connectivity index (χ2v) is 5.09. The van der Waals surface area contributed by atoms with E-state index < -0.39 is 0 Å². The van der Waals surface area contributed by atoms with Crippen molar-refractivity contribution in [2.24, 2.45) is 10.7 Å². The molecule has 0 aliphatic heterocycles. The standard InChI is InChI=1S/C11H18N4S/c1-8-10(16-7-14-8)5-6-13-11(12)15-9-3-2-4-9/h7,9H,2-6H2,1H3,(H3,12,13,15). The maximum atomic E-state index is 5.79. The van der Waals surface area contributed by atoms with Crippen molar-refractivity contribution < 1.29 is 0 Å². The van der Waals surface area contributed by atoms with E-state index in [4.69, 9.17) is 5.73 Å². The molecule has 0 spiro atoms. The molecule has 0 bridgehead atoms. The summed E-state index contributed by atoms with van der Waals surface area (Å²) in [5.74, 6) is 0.590. The molecule has 1 aliphatic carbocycles. The number of nitrogens with two attached hydrogens (primary N) is 1. The fourth-order valence-corrected chi connectivity index (χ4v) is 2.42. The van der Waals surface area contributed by atoms with Crippen molar-refractivity contribution in [3.63, 3.8) is 0 Å². The number of hydrogen-bond donors (Lipinski definition) is 2. The summed E-state index contributed by atoms with van der Waals surface area (Å²) in [6.07, 6.45) is 4.70. The average molecular weight is 238 g/mol. The maximum Gasteiger partial charge on any atom is 0.188 e. The molecule has 1 fully saturated rings. The molecule has 1 aromatic heterocycles.